The molecule has 45 heavy (non-hydrogen) atoms. The molecule has 2 N–H and O–H groups in total. The summed E-state index contributed by atoms with van der Waals surface area (Å²) < 4.78 is 13.4. The van der Waals surface area contributed by atoms with E-state index >= 15 is 0 Å². The first-order chi connectivity index (χ1) is 22.0. The molecule has 4 heterocycles. The number of benzene rings is 1. The van der Waals surface area contributed by atoms with Crippen LogP contribution in [-0.2, 0) is 11.3 Å². The fourth-order valence-electron chi connectivity index (χ4n) is 7.22. The van der Waals surface area contributed by atoms with E-state index in [0.29, 0.717) is 42.4 Å². The third-order valence-electron chi connectivity index (χ3n) is 10.0. The van der Waals surface area contributed by atoms with Crippen LogP contribution in [0.3, 0.4) is 0 Å². The van der Waals surface area contributed by atoms with Gasteiger partial charge in [-0.25, -0.2) is 14.8 Å². The molecule has 0 bridgehead atoms. The molecule has 3 fully saturated rings. The van der Waals surface area contributed by atoms with Gasteiger partial charge in [-0.2, -0.15) is 4.98 Å². The number of nitrogens with zero attached hydrogens (tertiary/aromatic N) is 6. The average molecular weight is 611 g/mol. The molecule has 1 saturated heterocycles. The molecule has 0 spiro atoms. The van der Waals surface area contributed by atoms with E-state index in [0.717, 1.165) is 49.3 Å². The molecular weight excluding hydrogens is 568 g/mol. The minimum Gasteiger partial charge on any atom is -0.370 e. The van der Waals surface area contributed by atoms with Gasteiger partial charge >= 0.3 is 5.76 Å². The third kappa shape index (κ3) is 5.81. The molecule has 11 heteroatoms. The van der Waals surface area contributed by atoms with Crippen molar-refractivity contribution < 1.29 is 9.26 Å². The normalized spacial score (nSPS) is 24.7. The summed E-state index contributed by atoms with van der Waals surface area (Å²) in [7, 11) is 0. The number of anilines is 2. The molecule has 0 radical (unpaired) electrons. The fraction of sp³-hybridized carbons (Fsp3) is 0.500. The lowest BCUT2D eigenvalue weighted by atomic mass is 9.80. The highest BCUT2D eigenvalue weighted by atomic mass is 16.5. The van der Waals surface area contributed by atoms with E-state index in [1.54, 1.807) is 0 Å². The van der Waals surface area contributed by atoms with E-state index in [4.69, 9.17) is 24.2 Å². The maximum atomic E-state index is 11.9. The first-order valence-electron chi connectivity index (χ1n) is 16.3. The molecule has 11 nitrogen and oxygen atoms in total. The Hall–Kier alpha value is -4.25. The molecule has 2 aliphatic carbocycles. The van der Waals surface area contributed by atoms with Crippen LogP contribution in [0, 0.1) is 17.8 Å². The minimum absolute atomic E-state index is 0.117. The molecule has 3 atom stereocenters. The first-order valence-corrected chi connectivity index (χ1v) is 16.3. The van der Waals surface area contributed by atoms with Crippen molar-refractivity contribution in [3.05, 3.63) is 71.8 Å². The molecule has 3 aliphatic rings. The Morgan fingerprint density at radius 1 is 1.07 bits per heavy atom. The second-order valence-corrected chi connectivity index (χ2v) is 12.8. The van der Waals surface area contributed by atoms with Gasteiger partial charge in [0.1, 0.15) is 5.52 Å². The number of hydrogen-bond donors (Lipinski definition) is 2. The summed E-state index contributed by atoms with van der Waals surface area (Å²) in [5.74, 6) is 2.96. The number of allylic oxidation sites excluding steroid dienone is 1. The van der Waals surface area contributed by atoms with E-state index in [9.17, 15) is 4.79 Å². The van der Waals surface area contributed by atoms with Gasteiger partial charge in [-0.3, -0.25) is 9.51 Å². The molecule has 0 unspecified atom stereocenters. The lowest BCUT2D eigenvalue weighted by molar-refractivity contribution is 0.0410. The number of H-pyrrole nitrogens is 1. The highest BCUT2D eigenvalue weighted by molar-refractivity contribution is 5.87. The number of fused-ring (bicyclic) bond motifs is 1. The molecular formula is C34H42N8O3. The Morgan fingerprint density at radius 3 is 2.53 bits per heavy atom. The zero-order chi connectivity index (χ0) is 30.9. The number of rotatable bonds is 10. The van der Waals surface area contributed by atoms with Crippen LogP contribution in [-0.4, -0.2) is 55.0 Å². The summed E-state index contributed by atoms with van der Waals surface area (Å²) in [6.45, 7) is 12.4. The van der Waals surface area contributed by atoms with Gasteiger partial charge in [0.25, 0.3) is 0 Å². The second kappa shape index (κ2) is 12.6. The van der Waals surface area contributed by atoms with Gasteiger partial charge in [-0.15, -0.1) is 13.2 Å². The van der Waals surface area contributed by atoms with Crippen molar-refractivity contribution in [3.8, 4) is 11.6 Å². The molecule has 1 aliphatic heterocycles. The molecule has 7 rings (SSSR count). The lowest BCUT2D eigenvalue weighted by Crippen LogP contribution is -2.46. The molecule has 236 valence electrons. The van der Waals surface area contributed by atoms with Crippen molar-refractivity contribution in [1.82, 2.24) is 29.7 Å². The number of aromatic nitrogens is 6. The van der Waals surface area contributed by atoms with Crippen molar-refractivity contribution in [1.29, 1.82) is 0 Å². The highest BCUT2D eigenvalue weighted by Gasteiger charge is 2.37. The monoisotopic (exact) mass is 610 g/mol. The smallest absolute Gasteiger partial charge is 0.370 e. The SMILES string of the molecule is C=CC1CCC(Cn2c(N3CCO[C@@H](C=C)[C@H]3c3ccccc3)nc3nc(-c4noc(=O)[nH]4)nc(N[C@H](C)C4CCC4)c32)CC1. The topological polar surface area (TPSA) is 127 Å². The van der Waals surface area contributed by atoms with E-state index in [2.05, 4.69) is 75.3 Å². The van der Waals surface area contributed by atoms with Crippen molar-refractivity contribution in [2.24, 2.45) is 17.8 Å². The number of nitrogens with one attached hydrogen (secondary N) is 2. The third-order valence-corrected chi connectivity index (χ3v) is 10.0. The zero-order valence-corrected chi connectivity index (χ0v) is 25.9. The average Bonchev–Trinajstić information content (AvgIpc) is 3.64. The Labute approximate surface area is 262 Å². The van der Waals surface area contributed by atoms with Crippen LogP contribution in [0.25, 0.3) is 22.8 Å². The van der Waals surface area contributed by atoms with Crippen molar-refractivity contribution in [3.63, 3.8) is 0 Å². The predicted molar refractivity (Wildman–Crippen MR) is 174 cm³/mol. The lowest BCUT2D eigenvalue weighted by Gasteiger charge is -2.41. The largest absolute Gasteiger partial charge is 0.439 e. The maximum absolute atomic E-state index is 11.9. The molecule has 3 aromatic heterocycles. The summed E-state index contributed by atoms with van der Waals surface area (Å²) in [6.07, 6.45) is 11.9. The minimum atomic E-state index is -0.651. The van der Waals surface area contributed by atoms with Crippen LogP contribution < -0.4 is 16.0 Å². The van der Waals surface area contributed by atoms with Gasteiger partial charge in [0.05, 0.1) is 18.8 Å². The Morgan fingerprint density at radius 2 is 1.87 bits per heavy atom. The summed E-state index contributed by atoms with van der Waals surface area (Å²) in [6, 6.07) is 10.5. The van der Waals surface area contributed by atoms with Crippen LogP contribution in [0.15, 0.2) is 65.0 Å². The summed E-state index contributed by atoms with van der Waals surface area (Å²) >= 11 is 0. The van der Waals surface area contributed by atoms with E-state index in [-0.39, 0.29) is 29.8 Å². The van der Waals surface area contributed by atoms with Crippen LogP contribution in [0.1, 0.15) is 63.5 Å². The quantitative estimate of drug-likeness (QED) is 0.211. The summed E-state index contributed by atoms with van der Waals surface area (Å²) in [5.41, 5.74) is 2.55. The fourth-order valence-corrected chi connectivity index (χ4v) is 7.22. The number of ether oxygens (including phenoxy) is 1. The maximum Gasteiger partial charge on any atom is 0.439 e. The van der Waals surface area contributed by atoms with Gasteiger partial charge < -0.3 is 19.5 Å². The Kier molecular flexibility index (Phi) is 8.27. The van der Waals surface area contributed by atoms with Crippen molar-refractivity contribution in [2.45, 2.75) is 76.6 Å². The van der Waals surface area contributed by atoms with Crippen molar-refractivity contribution in [2.75, 3.05) is 23.4 Å². The van der Waals surface area contributed by atoms with Gasteiger partial charge in [0.15, 0.2) is 11.5 Å². The zero-order valence-electron chi connectivity index (χ0n) is 25.9. The van der Waals surface area contributed by atoms with Crippen LogP contribution in [0.2, 0.25) is 0 Å². The summed E-state index contributed by atoms with van der Waals surface area (Å²) in [5, 5.41) is 7.64. The van der Waals surface area contributed by atoms with Gasteiger partial charge in [-0.1, -0.05) is 54.1 Å². The van der Waals surface area contributed by atoms with Gasteiger partial charge in [-0.05, 0) is 68.8 Å². The number of aromatic amines is 1. The van der Waals surface area contributed by atoms with E-state index in [1.165, 1.54) is 19.3 Å². The first kappa shape index (κ1) is 29.5. The van der Waals surface area contributed by atoms with E-state index in [1.807, 2.05) is 12.1 Å². The van der Waals surface area contributed by atoms with Gasteiger partial charge in [0, 0.05) is 19.1 Å². The second-order valence-electron chi connectivity index (χ2n) is 12.8. The molecule has 4 aromatic rings. The highest BCUT2D eigenvalue weighted by Crippen LogP contribution is 2.40. The molecule has 1 aromatic carbocycles. The standard InChI is InChI=1S/C34H42N8O3/c1-4-22-14-16-23(17-15-22)20-42-28-29(35-21(3)24-12-9-13-24)36-31(32-39-34(43)45-40-32)37-30(28)38-33(42)41-18-19-44-26(5-2)27(41)25-10-7-6-8-11-25/h4-8,10-11,21-24,26-27H,1-2,9,12-20H2,3H3,(H,35,36,37)(H,39,40,43)/t21-,22?,23?,26+,27-/m1/s1. The molecule has 2 saturated carbocycles. The number of imidazole rings is 1. The van der Waals surface area contributed by atoms with E-state index < -0.39 is 5.76 Å². The Balaban J connectivity index is 1.39. The summed E-state index contributed by atoms with van der Waals surface area (Å²) in [4.78, 5) is 31.9. The van der Waals surface area contributed by atoms with Crippen LogP contribution in [0.4, 0.5) is 11.8 Å². The predicted octanol–water partition coefficient (Wildman–Crippen LogP) is 5.90. The number of hydrogen-bond acceptors (Lipinski definition) is 9. The van der Waals surface area contributed by atoms with Crippen LogP contribution in [0.5, 0.6) is 0 Å². The number of morpholine rings is 1. The van der Waals surface area contributed by atoms with Gasteiger partial charge in [0.2, 0.25) is 17.6 Å². The van der Waals surface area contributed by atoms with Crippen molar-refractivity contribution >= 4 is 22.9 Å². The Bertz CT molecular complexity index is 1700. The molecule has 0 amide bonds. The van der Waals surface area contributed by atoms with Crippen LogP contribution >= 0.6 is 0 Å².